The van der Waals surface area contributed by atoms with E-state index in [9.17, 15) is 4.79 Å². The highest BCUT2D eigenvalue weighted by molar-refractivity contribution is 7.99. The predicted molar refractivity (Wildman–Crippen MR) is 100 cm³/mol. The molecule has 5 nitrogen and oxygen atoms in total. The molecule has 130 valence electrons. The zero-order valence-corrected chi connectivity index (χ0v) is 15.3. The summed E-state index contributed by atoms with van der Waals surface area (Å²) in [5.74, 6) is 0.487. The van der Waals surface area contributed by atoms with E-state index in [1.165, 1.54) is 11.8 Å². The number of hydrogen-bond donors (Lipinski definition) is 0. The lowest BCUT2D eigenvalue weighted by molar-refractivity contribution is -0.126. The number of aromatic nitrogens is 2. The van der Waals surface area contributed by atoms with E-state index in [2.05, 4.69) is 17.1 Å². The monoisotopic (exact) mass is 354 g/mol. The van der Waals surface area contributed by atoms with Crippen LogP contribution in [0.4, 0.5) is 0 Å². The Morgan fingerprint density at radius 3 is 3.00 bits per heavy atom. The van der Waals surface area contributed by atoms with Crippen molar-refractivity contribution < 1.29 is 4.79 Å². The second-order valence-electron chi connectivity index (χ2n) is 5.96. The summed E-state index contributed by atoms with van der Waals surface area (Å²) in [6, 6.07) is 10.1. The number of aryl methyl sites for hydroxylation is 1. The summed E-state index contributed by atoms with van der Waals surface area (Å²) in [6.45, 7) is 3.32. The van der Waals surface area contributed by atoms with Gasteiger partial charge >= 0.3 is 0 Å². The molecule has 0 N–H and O–H groups in total. The minimum atomic E-state index is 0.125. The zero-order valence-electron chi connectivity index (χ0n) is 14.4. The minimum Gasteiger partial charge on any atom is -0.318 e. The van der Waals surface area contributed by atoms with Gasteiger partial charge in [0.25, 0.3) is 0 Å². The van der Waals surface area contributed by atoms with E-state index in [4.69, 9.17) is 5.26 Å². The van der Waals surface area contributed by atoms with Crippen LogP contribution in [-0.2, 0) is 11.3 Å². The Hall–Kier alpha value is -2.26. The Morgan fingerprint density at radius 1 is 1.44 bits per heavy atom. The van der Waals surface area contributed by atoms with Crippen LogP contribution in [0.3, 0.4) is 0 Å². The van der Waals surface area contributed by atoms with Gasteiger partial charge in [-0.1, -0.05) is 30.0 Å². The maximum absolute atomic E-state index is 12.7. The number of thioether (sulfide) groups is 1. The number of nitrogens with zero attached hydrogens (tertiary/aromatic N) is 4. The van der Waals surface area contributed by atoms with Crippen molar-refractivity contribution >= 4 is 28.7 Å². The number of allylic oxidation sites excluding steroid dienone is 2. The number of imidazole rings is 1. The third kappa shape index (κ3) is 3.88. The molecule has 25 heavy (non-hydrogen) atoms. The molecule has 1 aliphatic carbocycles. The average molecular weight is 354 g/mol. The fourth-order valence-corrected chi connectivity index (χ4v) is 4.10. The van der Waals surface area contributed by atoms with E-state index in [0.29, 0.717) is 25.3 Å². The Bertz CT molecular complexity index is 834. The molecule has 1 aromatic carbocycles. The van der Waals surface area contributed by atoms with Gasteiger partial charge in [0.15, 0.2) is 5.16 Å². The van der Waals surface area contributed by atoms with E-state index in [1.807, 2.05) is 40.7 Å². The van der Waals surface area contributed by atoms with Gasteiger partial charge in [0.05, 0.1) is 29.3 Å². The van der Waals surface area contributed by atoms with Crippen LogP contribution >= 0.6 is 11.8 Å². The van der Waals surface area contributed by atoms with E-state index in [0.717, 1.165) is 41.1 Å². The second-order valence-corrected chi connectivity index (χ2v) is 6.90. The van der Waals surface area contributed by atoms with Crippen LogP contribution in [0.15, 0.2) is 41.2 Å². The molecule has 1 heterocycles. The molecule has 0 saturated heterocycles. The van der Waals surface area contributed by atoms with Gasteiger partial charge < -0.3 is 9.47 Å². The highest BCUT2D eigenvalue weighted by Crippen LogP contribution is 2.26. The molecular weight excluding hydrogens is 332 g/mol. The van der Waals surface area contributed by atoms with Crippen molar-refractivity contribution in [3.05, 3.63) is 36.0 Å². The van der Waals surface area contributed by atoms with Crippen LogP contribution in [0.2, 0.25) is 0 Å². The number of hydrogen-bond acceptors (Lipinski definition) is 4. The average Bonchev–Trinajstić information content (AvgIpc) is 3.26. The highest BCUT2D eigenvalue weighted by atomic mass is 32.2. The van der Waals surface area contributed by atoms with Crippen LogP contribution in [0.1, 0.15) is 32.6 Å². The Morgan fingerprint density at radius 2 is 2.28 bits per heavy atom. The number of para-hydroxylation sites is 2. The van der Waals surface area contributed by atoms with Crippen LogP contribution in [0.25, 0.3) is 11.0 Å². The minimum absolute atomic E-state index is 0.125. The Labute approximate surface area is 152 Å². The third-order valence-electron chi connectivity index (χ3n) is 4.37. The number of rotatable bonds is 7. The number of nitriles is 1. The molecule has 0 aliphatic heterocycles. The molecule has 0 spiro atoms. The zero-order chi connectivity index (χ0) is 17.6. The van der Waals surface area contributed by atoms with Gasteiger partial charge in [0.2, 0.25) is 5.91 Å². The molecule has 0 saturated carbocycles. The molecule has 1 amide bonds. The van der Waals surface area contributed by atoms with Crippen molar-refractivity contribution in [2.45, 2.75) is 44.3 Å². The van der Waals surface area contributed by atoms with E-state index in [1.54, 1.807) is 0 Å². The molecule has 0 radical (unpaired) electrons. The summed E-state index contributed by atoms with van der Waals surface area (Å²) in [6.07, 6.45) is 5.79. The summed E-state index contributed by atoms with van der Waals surface area (Å²) in [5.41, 5.74) is 3.07. The number of amides is 1. The summed E-state index contributed by atoms with van der Waals surface area (Å²) < 4.78 is 2.04. The van der Waals surface area contributed by atoms with Crippen molar-refractivity contribution in [3.8, 4) is 6.07 Å². The van der Waals surface area contributed by atoms with E-state index >= 15 is 0 Å². The van der Waals surface area contributed by atoms with Crippen LogP contribution in [0.5, 0.6) is 0 Å². The molecule has 0 fully saturated rings. The molecule has 0 atom stereocenters. The third-order valence-corrected chi connectivity index (χ3v) is 5.33. The lowest BCUT2D eigenvalue weighted by atomic mass is 10.3. The van der Waals surface area contributed by atoms with Crippen LogP contribution in [-0.4, -0.2) is 32.7 Å². The number of carbonyl (C=O) groups is 1. The fourth-order valence-electron chi connectivity index (χ4n) is 3.18. The number of benzene rings is 1. The molecule has 2 aromatic rings. The van der Waals surface area contributed by atoms with Gasteiger partial charge in [0.1, 0.15) is 0 Å². The first-order chi connectivity index (χ1) is 12.2. The predicted octanol–water partition coefficient (Wildman–Crippen LogP) is 3.96. The van der Waals surface area contributed by atoms with Crippen molar-refractivity contribution in [2.75, 3.05) is 12.3 Å². The first-order valence-electron chi connectivity index (χ1n) is 8.69. The van der Waals surface area contributed by atoms with Gasteiger partial charge in [0, 0.05) is 18.8 Å². The number of fused-ring (bicyclic) bond motifs is 1. The molecule has 1 aliphatic rings. The fraction of sp³-hybridized carbons (Fsp3) is 0.421. The number of carbonyl (C=O) groups excluding carboxylic acids is 1. The summed E-state index contributed by atoms with van der Waals surface area (Å²) >= 11 is 1.46. The second kappa shape index (κ2) is 8.21. The normalized spacial score (nSPS) is 13.7. The van der Waals surface area contributed by atoms with Gasteiger partial charge in [-0.05, 0) is 38.3 Å². The van der Waals surface area contributed by atoms with Crippen molar-refractivity contribution in [1.82, 2.24) is 14.5 Å². The maximum atomic E-state index is 12.7. The molecule has 0 bridgehead atoms. The van der Waals surface area contributed by atoms with E-state index < -0.39 is 0 Å². The largest absolute Gasteiger partial charge is 0.318 e. The van der Waals surface area contributed by atoms with E-state index in [-0.39, 0.29) is 5.91 Å². The van der Waals surface area contributed by atoms with Gasteiger partial charge in [-0.2, -0.15) is 5.26 Å². The van der Waals surface area contributed by atoms with Crippen LogP contribution < -0.4 is 0 Å². The standard InChI is InChI=1S/C19H22N4OS/c1-2-22(15-8-3-4-9-15)18(24)14-25-19-21-16-10-5-6-11-17(16)23(19)13-7-12-20/h5-6,8,10-11H,2-4,7,9,13-14H2,1H3. The smallest absolute Gasteiger partial charge is 0.237 e. The summed E-state index contributed by atoms with van der Waals surface area (Å²) in [5, 5.41) is 9.72. The molecule has 0 unspecified atom stereocenters. The Kier molecular flexibility index (Phi) is 5.77. The summed E-state index contributed by atoms with van der Waals surface area (Å²) in [4.78, 5) is 19.2. The van der Waals surface area contributed by atoms with Crippen molar-refractivity contribution in [3.63, 3.8) is 0 Å². The van der Waals surface area contributed by atoms with Gasteiger partial charge in [-0.25, -0.2) is 4.98 Å². The molecule has 3 rings (SSSR count). The Balaban J connectivity index is 1.76. The van der Waals surface area contributed by atoms with Gasteiger partial charge in [-0.15, -0.1) is 0 Å². The lowest BCUT2D eigenvalue weighted by Crippen LogP contribution is -2.31. The van der Waals surface area contributed by atoms with Crippen molar-refractivity contribution in [1.29, 1.82) is 5.26 Å². The quantitative estimate of drug-likeness (QED) is 0.706. The molecule has 6 heteroatoms. The SMILES string of the molecule is CCN(C(=O)CSc1nc2ccccc2n1CCC#N)C1=CCCC1. The topological polar surface area (TPSA) is 61.9 Å². The van der Waals surface area contributed by atoms with Gasteiger partial charge in [-0.3, -0.25) is 4.79 Å². The summed E-state index contributed by atoms with van der Waals surface area (Å²) in [7, 11) is 0. The maximum Gasteiger partial charge on any atom is 0.237 e. The highest BCUT2D eigenvalue weighted by Gasteiger charge is 2.20. The first kappa shape index (κ1) is 17.6. The molecular formula is C19H22N4OS. The first-order valence-corrected chi connectivity index (χ1v) is 9.67. The lowest BCUT2D eigenvalue weighted by Gasteiger charge is -2.22. The molecule has 1 aromatic heterocycles. The van der Waals surface area contributed by atoms with Crippen molar-refractivity contribution in [2.24, 2.45) is 0 Å². The van der Waals surface area contributed by atoms with Crippen LogP contribution in [0, 0.1) is 11.3 Å².